The molecule has 0 aliphatic carbocycles. The van der Waals surface area contributed by atoms with Crippen LogP contribution < -0.4 is 5.32 Å². The quantitative estimate of drug-likeness (QED) is 0.385. The van der Waals surface area contributed by atoms with E-state index in [4.69, 9.17) is 0 Å². The van der Waals surface area contributed by atoms with Gasteiger partial charge in [0.05, 0.1) is 0 Å². The van der Waals surface area contributed by atoms with Crippen LogP contribution in [0.1, 0.15) is 97.3 Å². The fourth-order valence-corrected chi connectivity index (χ4v) is 4.89. The van der Waals surface area contributed by atoms with Gasteiger partial charge in [-0.1, -0.05) is 78.1 Å². The van der Waals surface area contributed by atoms with E-state index in [2.05, 4.69) is 30.9 Å². The average molecular weight is 314 g/mol. The molecular weight excluding hydrogens is 274 g/mol. The van der Waals surface area contributed by atoms with Gasteiger partial charge in [-0.2, -0.15) is 11.8 Å². The first-order valence-corrected chi connectivity index (χ1v) is 10.8. The van der Waals surface area contributed by atoms with Gasteiger partial charge in [0.1, 0.15) is 0 Å². The van der Waals surface area contributed by atoms with E-state index in [9.17, 15) is 0 Å². The minimum Gasteiger partial charge on any atom is -0.313 e. The van der Waals surface area contributed by atoms with Crippen LogP contribution in [-0.4, -0.2) is 23.6 Å². The summed E-state index contributed by atoms with van der Waals surface area (Å²) >= 11 is 2.21. The summed E-state index contributed by atoms with van der Waals surface area (Å²) in [4.78, 5) is 0. The lowest BCUT2D eigenvalue weighted by Gasteiger charge is -2.23. The number of thioether (sulfide) groups is 1. The number of rotatable bonds is 14. The van der Waals surface area contributed by atoms with Crippen molar-refractivity contribution in [1.29, 1.82) is 0 Å². The Hall–Kier alpha value is 0.310. The number of hydrogen-bond donors (Lipinski definition) is 1. The van der Waals surface area contributed by atoms with Crippen LogP contribution in [0.15, 0.2) is 0 Å². The van der Waals surface area contributed by atoms with E-state index in [1.165, 1.54) is 89.2 Å². The maximum atomic E-state index is 3.73. The smallest absolute Gasteiger partial charge is 0.0201 e. The first-order chi connectivity index (χ1) is 10.4. The molecule has 2 unspecified atom stereocenters. The molecule has 1 fully saturated rings. The largest absolute Gasteiger partial charge is 0.313 e. The molecule has 0 aromatic heterocycles. The Bertz CT molecular complexity index is 214. The van der Waals surface area contributed by atoms with E-state index in [-0.39, 0.29) is 0 Å². The van der Waals surface area contributed by atoms with Crippen molar-refractivity contribution in [1.82, 2.24) is 5.32 Å². The predicted molar refractivity (Wildman–Crippen MR) is 99.4 cm³/mol. The highest BCUT2D eigenvalue weighted by molar-refractivity contribution is 8.00. The van der Waals surface area contributed by atoms with Crippen molar-refractivity contribution in [3.8, 4) is 0 Å². The lowest BCUT2D eigenvalue weighted by Crippen LogP contribution is -2.36. The van der Waals surface area contributed by atoms with Gasteiger partial charge in [-0.15, -0.1) is 0 Å². The highest BCUT2D eigenvalue weighted by atomic mass is 32.2. The zero-order valence-corrected chi connectivity index (χ0v) is 15.5. The van der Waals surface area contributed by atoms with Gasteiger partial charge in [-0.3, -0.25) is 0 Å². The third-order valence-electron chi connectivity index (χ3n) is 4.75. The van der Waals surface area contributed by atoms with Crippen LogP contribution in [0.25, 0.3) is 0 Å². The third kappa shape index (κ3) is 9.84. The van der Waals surface area contributed by atoms with Gasteiger partial charge in [0.2, 0.25) is 0 Å². The lowest BCUT2D eigenvalue weighted by molar-refractivity contribution is 0.442. The normalized spacial score (nSPS) is 20.0. The molecule has 1 aliphatic rings. The lowest BCUT2D eigenvalue weighted by atomic mass is 10.0. The third-order valence-corrected chi connectivity index (χ3v) is 6.27. The van der Waals surface area contributed by atoms with Crippen LogP contribution in [-0.2, 0) is 0 Å². The second-order valence-electron chi connectivity index (χ2n) is 6.69. The second kappa shape index (κ2) is 13.9. The molecule has 126 valence electrons. The van der Waals surface area contributed by atoms with Crippen LogP contribution in [0.5, 0.6) is 0 Å². The Balaban J connectivity index is 1.91. The van der Waals surface area contributed by atoms with Crippen LogP contribution in [0.2, 0.25) is 0 Å². The Morgan fingerprint density at radius 3 is 2.05 bits per heavy atom. The molecule has 1 saturated heterocycles. The highest BCUT2D eigenvalue weighted by Crippen LogP contribution is 2.30. The van der Waals surface area contributed by atoms with Crippen LogP contribution in [0.4, 0.5) is 0 Å². The van der Waals surface area contributed by atoms with Gasteiger partial charge in [-0.05, 0) is 31.6 Å². The summed E-state index contributed by atoms with van der Waals surface area (Å²) in [6.07, 6.45) is 18.8. The van der Waals surface area contributed by atoms with E-state index < -0.39 is 0 Å². The Morgan fingerprint density at radius 1 is 0.905 bits per heavy atom. The highest BCUT2D eigenvalue weighted by Gasteiger charge is 2.24. The van der Waals surface area contributed by atoms with Crippen molar-refractivity contribution in [3.05, 3.63) is 0 Å². The monoisotopic (exact) mass is 313 g/mol. The number of unbranched alkanes of at least 4 members (excludes halogenated alkanes) is 9. The van der Waals surface area contributed by atoms with Gasteiger partial charge in [0.25, 0.3) is 0 Å². The fraction of sp³-hybridized carbons (Fsp3) is 1.00. The Morgan fingerprint density at radius 2 is 1.52 bits per heavy atom. The maximum absolute atomic E-state index is 3.73. The van der Waals surface area contributed by atoms with E-state index in [0.29, 0.717) is 0 Å². The van der Waals surface area contributed by atoms with Crippen LogP contribution in [0, 0.1) is 0 Å². The molecule has 0 radical (unpaired) electrons. The minimum atomic E-state index is 0.788. The van der Waals surface area contributed by atoms with Crippen molar-refractivity contribution < 1.29 is 0 Å². The topological polar surface area (TPSA) is 12.0 Å². The molecule has 21 heavy (non-hydrogen) atoms. The molecule has 1 nitrogen and oxygen atoms in total. The van der Waals surface area contributed by atoms with Gasteiger partial charge >= 0.3 is 0 Å². The molecule has 0 aromatic rings. The van der Waals surface area contributed by atoms with Crippen molar-refractivity contribution in [2.24, 2.45) is 0 Å². The summed E-state index contributed by atoms with van der Waals surface area (Å²) in [5, 5.41) is 4.64. The zero-order chi connectivity index (χ0) is 15.2. The first kappa shape index (κ1) is 19.4. The van der Waals surface area contributed by atoms with E-state index in [0.717, 1.165) is 17.8 Å². The van der Waals surface area contributed by atoms with Gasteiger partial charge < -0.3 is 5.32 Å². The molecule has 1 aliphatic heterocycles. The molecule has 0 amide bonds. The summed E-state index contributed by atoms with van der Waals surface area (Å²) in [6.45, 7) is 5.69. The summed E-state index contributed by atoms with van der Waals surface area (Å²) < 4.78 is 0. The van der Waals surface area contributed by atoms with Crippen molar-refractivity contribution in [2.75, 3.05) is 12.3 Å². The van der Waals surface area contributed by atoms with E-state index in [1.54, 1.807) is 0 Å². The Labute approximate surface area is 138 Å². The standard InChI is InChI=1S/C19H39NS/c1-3-5-6-7-8-9-10-11-12-13-15-18(20-4-2)19-16-14-17-21-19/h18-20H,3-17H2,1-2H3. The molecule has 0 saturated carbocycles. The average Bonchev–Trinajstić information content (AvgIpc) is 3.02. The van der Waals surface area contributed by atoms with Crippen LogP contribution >= 0.6 is 11.8 Å². The molecule has 2 atom stereocenters. The molecule has 0 aromatic carbocycles. The molecule has 2 heteroatoms. The maximum Gasteiger partial charge on any atom is 0.0201 e. The van der Waals surface area contributed by atoms with Gasteiger partial charge in [-0.25, -0.2) is 0 Å². The second-order valence-corrected chi connectivity index (χ2v) is 8.03. The summed E-state index contributed by atoms with van der Waals surface area (Å²) in [5.74, 6) is 1.39. The SMILES string of the molecule is CCCCCCCCCCCCC(NCC)C1CCCS1. The van der Waals surface area contributed by atoms with Crippen LogP contribution in [0.3, 0.4) is 0 Å². The summed E-state index contributed by atoms with van der Waals surface area (Å²) in [6, 6.07) is 0.788. The molecular formula is C19H39NS. The number of hydrogen-bond acceptors (Lipinski definition) is 2. The van der Waals surface area contributed by atoms with Crippen molar-refractivity contribution >= 4 is 11.8 Å². The predicted octanol–water partition coefficient (Wildman–Crippen LogP) is 6.17. The molecule has 1 N–H and O–H groups in total. The molecule has 0 spiro atoms. The van der Waals surface area contributed by atoms with Crippen molar-refractivity contribution in [2.45, 2.75) is 109 Å². The first-order valence-electron chi connectivity index (χ1n) is 9.73. The molecule has 1 rings (SSSR count). The van der Waals surface area contributed by atoms with Gasteiger partial charge in [0.15, 0.2) is 0 Å². The summed E-state index contributed by atoms with van der Waals surface area (Å²) in [5.41, 5.74) is 0. The summed E-state index contributed by atoms with van der Waals surface area (Å²) in [7, 11) is 0. The minimum absolute atomic E-state index is 0.788. The fourth-order valence-electron chi connectivity index (χ4n) is 3.45. The molecule has 0 bridgehead atoms. The Kier molecular flexibility index (Phi) is 12.8. The van der Waals surface area contributed by atoms with E-state index in [1.807, 2.05) is 0 Å². The zero-order valence-electron chi connectivity index (χ0n) is 14.7. The van der Waals surface area contributed by atoms with E-state index >= 15 is 0 Å². The molecule has 1 heterocycles. The van der Waals surface area contributed by atoms with Gasteiger partial charge in [0, 0.05) is 11.3 Å². The number of nitrogens with one attached hydrogen (secondary N) is 1. The van der Waals surface area contributed by atoms with Crippen molar-refractivity contribution in [3.63, 3.8) is 0 Å².